The van der Waals surface area contributed by atoms with Crippen molar-refractivity contribution in [1.29, 1.82) is 0 Å². The van der Waals surface area contributed by atoms with Crippen LogP contribution in [0, 0.1) is 5.82 Å². The Bertz CT molecular complexity index is 723. The van der Waals surface area contributed by atoms with Crippen molar-refractivity contribution in [3.63, 3.8) is 0 Å². The first-order valence-corrected chi connectivity index (χ1v) is 6.48. The zero-order valence-corrected chi connectivity index (χ0v) is 12.2. The minimum absolute atomic E-state index is 0.0169. The maximum atomic E-state index is 13.6. The highest BCUT2D eigenvalue weighted by molar-refractivity contribution is 6.06. The Morgan fingerprint density at radius 1 is 1.09 bits per heavy atom. The number of aromatic hydroxyl groups is 1. The topological polar surface area (TPSA) is 55.8 Å². The van der Waals surface area contributed by atoms with Gasteiger partial charge in [-0.2, -0.15) is 0 Å². The van der Waals surface area contributed by atoms with Crippen molar-refractivity contribution in [2.75, 3.05) is 14.2 Å². The minimum Gasteiger partial charge on any atom is -0.504 e. The summed E-state index contributed by atoms with van der Waals surface area (Å²) in [5, 5.41) is 9.50. The Morgan fingerprint density at radius 2 is 1.82 bits per heavy atom. The first kappa shape index (κ1) is 15.6. The highest BCUT2D eigenvalue weighted by atomic mass is 19.1. The zero-order chi connectivity index (χ0) is 16.1. The molecule has 114 valence electrons. The number of phenolic OH excluding ortho intramolecular Hbond substituents is 1. The molecule has 0 spiro atoms. The number of hydrogen-bond donors (Lipinski definition) is 1. The number of phenols is 1. The van der Waals surface area contributed by atoms with Crippen LogP contribution in [0.4, 0.5) is 4.39 Å². The average Bonchev–Trinajstić information content (AvgIpc) is 2.53. The van der Waals surface area contributed by atoms with Crippen molar-refractivity contribution in [1.82, 2.24) is 0 Å². The molecule has 2 aromatic rings. The van der Waals surface area contributed by atoms with Gasteiger partial charge in [-0.05, 0) is 42.0 Å². The van der Waals surface area contributed by atoms with E-state index in [4.69, 9.17) is 9.47 Å². The Hall–Kier alpha value is -2.82. The molecular weight excluding hydrogens is 287 g/mol. The number of carbonyl (C=O) groups is 1. The van der Waals surface area contributed by atoms with Crippen LogP contribution in [0.1, 0.15) is 15.9 Å². The van der Waals surface area contributed by atoms with E-state index in [9.17, 15) is 14.3 Å². The van der Waals surface area contributed by atoms with Gasteiger partial charge in [0.25, 0.3) is 0 Å². The van der Waals surface area contributed by atoms with Crippen LogP contribution in [-0.2, 0) is 0 Å². The van der Waals surface area contributed by atoms with Gasteiger partial charge in [0.2, 0.25) is 0 Å². The third-order valence-electron chi connectivity index (χ3n) is 3.07. The number of methoxy groups -OCH3 is 2. The molecule has 0 aliphatic rings. The number of benzene rings is 2. The van der Waals surface area contributed by atoms with Crippen LogP contribution in [0.2, 0.25) is 0 Å². The summed E-state index contributed by atoms with van der Waals surface area (Å²) in [5.41, 5.74) is 0.900. The molecule has 0 unspecified atom stereocenters. The summed E-state index contributed by atoms with van der Waals surface area (Å²) in [6, 6.07) is 8.72. The molecule has 4 nitrogen and oxygen atoms in total. The van der Waals surface area contributed by atoms with E-state index in [0.29, 0.717) is 11.3 Å². The van der Waals surface area contributed by atoms with Gasteiger partial charge in [0.15, 0.2) is 28.8 Å². The smallest absolute Gasteiger partial charge is 0.185 e. The fourth-order valence-electron chi connectivity index (χ4n) is 1.89. The van der Waals surface area contributed by atoms with Gasteiger partial charge < -0.3 is 14.6 Å². The fourth-order valence-corrected chi connectivity index (χ4v) is 1.89. The molecule has 0 aliphatic heterocycles. The summed E-state index contributed by atoms with van der Waals surface area (Å²) in [6.45, 7) is 0. The van der Waals surface area contributed by atoms with Crippen molar-refractivity contribution in [3.8, 4) is 17.2 Å². The molecular formula is C17H15FO4. The van der Waals surface area contributed by atoms with E-state index in [0.717, 1.165) is 6.07 Å². The van der Waals surface area contributed by atoms with Crippen molar-refractivity contribution in [3.05, 3.63) is 59.4 Å². The first-order valence-electron chi connectivity index (χ1n) is 6.48. The fraction of sp³-hybridized carbons (Fsp3) is 0.118. The van der Waals surface area contributed by atoms with E-state index in [1.54, 1.807) is 18.2 Å². The first-order chi connectivity index (χ1) is 10.5. The number of hydrogen-bond acceptors (Lipinski definition) is 4. The van der Waals surface area contributed by atoms with Crippen LogP contribution < -0.4 is 9.47 Å². The predicted octanol–water partition coefficient (Wildman–Crippen LogP) is 3.44. The molecule has 0 saturated carbocycles. The molecule has 5 heteroatoms. The zero-order valence-electron chi connectivity index (χ0n) is 12.2. The van der Waals surface area contributed by atoms with Crippen LogP contribution in [0.5, 0.6) is 17.2 Å². The number of carbonyl (C=O) groups excluding carboxylic acids is 1. The van der Waals surface area contributed by atoms with Gasteiger partial charge in [-0.25, -0.2) is 4.39 Å². The summed E-state index contributed by atoms with van der Waals surface area (Å²) >= 11 is 0. The largest absolute Gasteiger partial charge is 0.504 e. The molecule has 22 heavy (non-hydrogen) atoms. The Balaban J connectivity index is 2.19. The summed E-state index contributed by atoms with van der Waals surface area (Å²) in [7, 11) is 2.80. The van der Waals surface area contributed by atoms with E-state index in [-0.39, 0.29) is 22.8 Å². The van der Waals surface area contributed by atoms with Crippen LogP contribution in [-0.4, -0.2) is 25.1 Å². The van der Waals surface area contributed by atoms with Gasteiger partial charge in [0, 0.05) is 5.56 Å². The van der Waals surface area contributed by atoms with Gasteiger partial charge in [0.1, 0.15) is 0 Å². The van der Waals surface area contributed by atoms with Crippen LogP contribution in [0.3, 0.4) is 0 Å². The highest BCUT2D eigenvalue weighted by Crippen LogP contribution is 2.26. The van der Waals surface area contributed by atoms with Gasteiger partial charge in [-0.1, -0.05) is 12.1 Å². The summed E-state index contributed by atoms with van der Waals surface area (Å²) in [5.74, 6) is -0.515. The lowest BCUT2D eigenvalue weighted by molar-refractivity contribution is 0.104. The lowest BCUT2D eigenvalue weighted by Gasteiger charge is -2.04. The quantitative estimate of drug-likeness (QED) is 0.679. The molecule has 0 radical (unpaired) electrons. The van der Waals surface area contributed by atoms with Crippen molar-refractivity contribution in [2.45, 2.75) is 0 Å². The third-order valence-corrected chi connectivity index (χ3v) is 3.07. The van der Waals surface area contributed by atoms with Crippen LogP contribution in [0.15, 0.2) is 42.5 Å². The number of ether oxygens (including phenoxy) is 2. The van der Waals surface area contributed by atoms with Crippen molar-refractivity contribution in [2.24, 2.45) is 0 Å². The lowest BCUT2D eigenvalue weighted by Crippen LogP contribution is -1.97. The van der Waals surface area contributed by atoms with Gasteiger partial charge in [-0.15, -0.1) is 0 Å². The second-order valence-electron chi connectivity index (χ2n) is 4.48. The highest BCUT2D eigenvalue weighted by Gasteiger charge is 2.08. The van der Waals surface area contributed by atoms with E-state index < -0.39 is 5.82 Å². The van der Waals surface area contributed by atoms with Gasteiger partial charge in [-0.3, -0.25) is 4.79 Å². The molecule has 2 aromatic carbocycles. The van der Waals surface area contributed by atoms with Crippen molar-refractivity contribution >= 4 is 11.9 Å². The normalized spacial score (nSPS) is 10.7. The Morgan fingerprint density at radius 3 is 2.45 bits per heavy atom. The number of allylic oxidation sites excluding steroid dienone is 1. The monoisotopic (exact) mass is 302 g/mol. The summed E-state index contributed by atoms with van der Waals surface area (Å²) in [6.07, 6.45) is 2.89. The number of halogens is 1. The molecule has 1 N–H and O–H groups in total. The maximum Gasteiger partial charge on any atom is 0.185 e. The average molecular weight is 302 g/mol. The van der Waals surface area contributed by atoms with E-state index in [1.807, 2.05) is 0 Å². The molecule has 0 heterocycles. The minimum atomic E-state index is -0.590. The van der Waals surface area contributed by atoms with E-state index in [1.165, 1.54) is 38.5 Å². The molecule has 2 rings (SSSR count). The summed E-state index contributed by atoms with van der Waals surface area (Å²) in [4.78, 5) is 12.0. The van der Waals surface area contributed by atoms with Crippen LogP contribution in [0.25, 0.3) is 6.08 Å². The van der Waals surface area contributed by atoms with Gasteiger partial charge >= 0.3 is 0 Å². The second kappa shape index (κ2) is 6.76. The standard InChI is InChI=1S/C17H15FO4/c1-21-16-8-5-12(10-13(16)18)14(19)6-3-11-4-7-15(20)17(9-11)22-2/h3-10,20H,1-2H3/b6-3+. The summed E-state index contributed by atoms with van der Waals surface area (Å²) < 4.78 is 23.4. The van der Waals surface area contributed by atoms with E-state index in [2.05, 4.69) is 0 Å². The van der Waals surface area contributed by atoms with Crippen molar-refractivity contribution < 1.29 is 23.8 Å². The molecule has 0 saturated heterocycles. The molecule has 0 fully saturated rings. The third kappa shape index (κ3) is 3.44. The number of rotatable bonds is 5. The Labute approximate surface area is 127 Å². The maximum absolute atomic E-state index is 13.6. The van der Waals surface area contributed by atoms with Gasteiger partial charge in [0.05, 0.1) is 14.2 Å². The Kier molecular flexibility index (Phi) is 4.78. The SMILES string of the molecule is COc1cc(/C=C/C(=O)c2ccc(OC)c(F)c2)ccc1O. The molecule has 0 atom stereocenters. The molecule has 0 aromatic heterocycles. The lowest BCUT2D eigenvalue weighted by atomic mass is 10.1. The predicted molar refractivity (Wildman–Crippen MR) is 81.0 cm³/mol. The van der Waals surface area contributed by atoms with E-state index >= 15 is 0 Å². The molecule has 0 aliphatic carbocycles. The molecule has 0 bridgehead atoms. The second-order valence-corrected chi connectivity index (χ2v) is 4.48. The molecule has 0 amide bonds. The van der Waals surface area contributed by atoms with Crippen LogP contribution >= 0.6 is 0 Å². The number of ketones is 1.